The van der Waals surface area contributed by atoms with E-state index < -0.39 is 18.0 Å². The number of alkyl halides is 3. The molecule has 1 unspecified atom stereocenters. The molecule has 1 aliphatic heterocycles. The number of amides is 1. The van der Waals surface area contributed by atoms with Crippen molar-refractivity contribution in [1.82, 2.24) is 4.90 Å². The van der Waals surface area contributed by atoms with Crippen LogP contribution in [-0.2, 0) is 4.79 Å². The molecule has 0 aliphatic carbocycles. The highest BCUT2D eigenvalue weighted by Crippen LogP contribution is 2.31. The third-order valence-electron chi connectivity index (χ3n) is 3.77. The van der Waals surface area contributed by atoms with E-state index in [1.165, 1.54) is 4.90 Å². The highest BCUT2D eigenvalue weighted by Gasteiger charge is 2.45. The van der Waals surface area contributed by atoms with E-state index in [9.17, 15) is 18.0 Å². The molecular weight excluding hydrogens is 305 g/mol. The van der Waals surface area contributed by atoms with Gasteiger partial charge in [-0.25, -0.2) is 0 Å². The minimum Gasteiger partial charge on any atom is -0.340 e. The van der Waals surface area contributed by atoms with E-state index in [0.29, 0.717) is 0 Å². The van der Waals surface area contributed by atoms with Crippen LogP contribution in [0, 0.1) is 5.92 Å². The van der Waals surface area contributed by atoms with Gasteiger partial charge in [-0.3, -0.25) is 4.79 Å². The monoisotopic (exact) mass is 322 g/mol. The van der Waals surface area contributed by atoms with Gasteiger partial charge in [0.1, 0.15) is 5.92 Å². The van der Waals surface area contributed by atoms with Crippen LogP contribution in [0.2, 0.25) is 0 Å². The second-order valence-electron chi connectivity index (χ2n) is 5.19. The fourth-order valence-corrected chi connectivity index (χ4v) is 2.48. The highest BCUT2D eigenvalue weighted by molar-refractivity contribution is 5.85. The van der Waals surface area contributed by atoms with Crippen molar-refractivity contribution in [2.24, 2.45) is 11.7 Å². The fraction of sp³-hybridized carbons (Fsp3) is 0.500. The molecule has 1 aromatic carbocycles. The lowest BCUT2D eigenvalue weighted by atomic mass is 9.95. The fourth-order valence-electron chi connectivity index (χ4n) is 2.48. The molecule has 0 bridgehead atoms. The molecule has 1 amide bonds. The van der Waals surface area contributed by atoms with Crippen LogP contribution in [0.25, 0.3) is 0 Å². The van der Waals surface area contributed by atoms with Crippen LogP contribution in [0.3, 0.4) is 0 Å². The van der Waals surface area contributed by atoms with E-state index in [1.807, 2.05) is 30.3 Å². The summed E-state index contributed by atoms with van der Waals surface area (Å²) >= 11 is 0. The maximum Gasteiger partial charge on any atom is 0.400 e. The van der Waals surface area contributed by atoms with Crippen molar-refractivity contribution >= 4 is 18.3 Å². The average molecular weight is 323 g/mol. The average Bonchev–Trinajstić information content (AvgIpc) is 2.79. The molecule has 0 spiro atoms. The number of hydrogen-bond acceptors (Lipinski definition) is 2. The molecular formula is C14H18ClF3N2O. The number of benzene rings is 1. The number of carbonyl (C=O) groups is 1. The first kappa shape index (κ1) is 17.8. The van der Waals surface area contributed by atoms with Crippen LogP contribution in [0.15, 0.2) is 30.3 Å². The molecule has 2 N–H and O–H groups in total. The van der Waals surface area contributed by atoms with Gasteiger partial charge >= 0.3 is 6.18 Å². The van der Waals surface area contributed by atoms with Gasteiger partial charge in [0.05, 0.1) is 0 Å². The largest absolute Gasteiger partial charge is 0.400 e. The summed E-state index contributed by atoms with van der Waals surface area (Å²) in [6, 6.07) is 8.99. The van der Waals surface area contributed by atoms with E-state index >= 15 is 0 Å². The Balaban J connectivity index is 0.00000220. The zero-order valence-electron chi connectivity index (χ0n) is 11.5. The smallest absolute Gasteiger partial charge is 0.340 e. The van der Waals surface area contributed by atoms with Crippen molar-refractivity contribution in [1.29, 1.82) is 0 Å². The Morgan fingerprint density at radius 1 is 1.29 bits per heavy atom. The first-order chi connectivity index (χ1) is 9.30. The van der Waals surface area contributed by atoms with Gasteiger partial charge in [0.25, 0.3) is 0 Å². The van der Waals surface area contributed by atoms with Crippen LogP contribution in [0.5, 0.6) is 0 Å². The van der Waals surface area contributed by atoms with Gasteiger partial charge in [-0.05, 0) is 12.5 Å². The van der Waals surface area contributed by atoms with Gasteiger partial charge in [0.2, 0.25) is 5.91 Å². The summed E-state index contributed by atoms with van der Waals surface area (Å²) in [5, 5.41) is 0. The number of likely N-dealkylation sites (tertiary alicyclic amines) is 1. The number of hydrogen-bond donors (Lipinski definition) is 1. The summed E-state index contributed by atoms with van der Waals surface area (Å²) < 4.78 is 37.8. The second-order valence-corrected chi connectivity index (χ2v) is 5.19. The Morgan fingerprint density at radius 3 is 2.38 bits per heavy atom. The molecule has 0 radical (unpaired) electrons. The van der Waals surface area contributed by atoms with Gasteiger partial charge in [0, 0.05) is 25.0 Å². The number of nitrogens with zero attached hydrogens (tertiary/aromatic N) is 1. The van der Waals surface area contributed by atoms with Crippen LogP contribution >= 0.6 is 12.4 Å². The Hall–Kier alpha value is -1.27. The molecule has 3 nitrogen and oxygen atoms in total. The molecule has 1 heterocycles. The van der Waals surface area contributed by atoms with Gasteiger partial charge in [-0.1, -0.05) is 30.3 Å². The SMILES string of the molecule is CC(C(=O)N1C[C@@H](N)[C@H](c2ccccc2)C1)C(F)(F)F.Cl. The minimum absolute atomic E-state index is 0. The molecule has 1 aliphatic rings. The standard InChI is InChI=1S/C14H17F3N2O.ClH/c1-9(14(15,16)17)13(20)19-7-11(12(18)8-19)10-5-3-2-4-6-10;/h2-6,9,11-12H,7-8,18H2,1H3;1H/t9?,11-,12+;/m0./s1. The predicted molar refractivity (Wildman–Crippen MR) is 76.2 cm³/mol. The summed E-state index contributed by atoms with van der Waals surface area (Å²) in [7, 11) is 0. The summed E-state index contributed by atoms with van der Waals surface area (Å²) in [6.07, 6.45) is -4.51. The third-order valence-corrected chi connectivity index (χ3v) is 3.77. The quantitative estimate of drug-likeness (QED) is 0.909. The zero-order valence-corrected chi connectivity index (χ0v) is 12.3. The predicted octanol–water partition coefficient (Wildman–Crippen LogP) is 2.56. The minimum atomic E-state index is -4.51. The zero-order chi connectivity index (χ0) is 14.9. The lowest BCUT2D eigenvalue weighted by Gasteiger charge is -2.22. The third kappa shape index (κ3) is 3.89. The molecule has 3 atom stereocenters. The molecule has 1 fully saturated rings. The summed E-state index contributed by atoms with van der Waals surface area (Å²) in [6.45, 7) is 1.30. The van der Waals surface area contributed by atoms with Gasteiger partial charge in [-0.15, -0.1) is 12.4 Å². The van der Waals surface area contributed by atoms with Gasteiger partial charge < -0.3 is 10.6 Å². The lowest BCUT2D eigenvalue weighted by molar-refractivity contribution is -0.184. The number of nitrogens with two attached hydrogens (primary N) is 1. The first-order valence-electron chi connectivity index (χ1n) is 6.46. The summed E-state index contributed by atoms with van der Waals surface area (Å²) in [5.41, 5.74) is 6.93. The maximum atomic E-state index is 12.6. The Labute approximate surface area is 127 Å². The molecule has 1 saturated heterocycles. The molecule has 0 saturated carbocycles. The molecule has 7 heteroatoms. The van der Waals surface area contributed by atoms with E-state index in [2.05, 4.69) is 0 Å². The van der Waals surface area contributed by atoms with Crippen molar-refractivity contribution < 1.29 is 18.0 Å². The summed E-state index contributed by atoms with van der Waals surface area (Å²) in [5.74, 6) is -2.99. The van der Waals surface area contributed by atoms with Gasteiger partial charge in [0.15, 0.2) is 0 Å². The van der Waals surface area contributed by atoms with Crippen molar-refractivity contribution in [2.75, 3.05) is 13.1 Å². The second kappa shape index (κ2) is 6.66. The normalized spacial score (nSPS) is 23.6. The van der Waals surface area contributed by atoms with E-state index in [4.69, 9.17) is 5.73 Å². The van der Waals surface area contributed by atoms with Gasteiger partial charge in [-0.2, -0.15) is 13.2 Å². The van der Waals surface area contributed by atoms with E-state index in [0.717, 1.165) is 12.5 Å². The maximum absolute atomic E-state index is 12.6. The van der Waals surface area contributed by atoms with E-state index in [-0.39, 0.29) is 37.5 Å². The van der Waals surface area contributed by atoms with Crippen molar-refractivity contribution in [3.05, 3.63) is 35.9 Å². The Kier molecular flexibility index (Phi) is 5.64. The Bertz CT molecular complexity index is 481. The van der Waals surface area contributed by atoms with Crippen LogP contribution in [0.4, 0.5) is 13.2 Å². The lowest BCUT2D eigenvalue weighted by Crippen LogP contribution is -2.40. The molecule has 0 aromatic heterocycles. The molecule has 2 rings (SSSR count). The highest BCUT2D eigenvalue weighted by atomic mass is 35.5. The molecule has 118 valence electrons. The number of rotatable bonds is 2. The van der Waals surface area contributed by atoms with Crippen LogP contribution < -0.4 is 5.73 Å². The molecule has 1 aromatic rings. The number of carbonyl (C=O) groups excluding carboxylic acids is 1. The topological polar surface area (TPSA) is 46.3 Å². The summed E-state index contributed by atoms with van der Waals surface area (Å²) in [4.78, 5) is 13.1. The first-order valence-corrected chi connectivity index (χ1v) is 6.46. The van der Waals surface area contributed by atoms with E-state index in [1.54, 1.807) is 0 Å². The van der Waals surface area contributed by atoms with Crippen molar-refractivity contribution in [3.63, 3.8) is 0 Å². The number of halogens is 4. The van der Waals surface area contributed by atoms with Crippen LogP contribution in [0.1, 0.15) is 18.4 Å². The molecule has 21 heavy (non-hydrogen) atoms. The van der Waals surface area contributed by atoms with Crippen molar-refractivity contribution in [3.8, 4) is 0 Å². The Morgan fingerprint density at radius 2 is 1.86 bits per heavy atom. The van der Waals surface area contributed by atoms with Crippen LogP contribution in [-0.4, -0.2) is 36.1 Å². The van der Waals surface area contributed by atoms with Crippen molar-refractivity contribution in [2.45, 2.75) is 25.1 Å².